The molecule has 0 radical (unpaired) electrons. The highest BCUT2D eigenvalue weighted by Gasteiger charge is 2.53. The molecule has 3 rings (SSSR count). The zero-order chi connectivity index (χ0) is 26.9. The van der Waals surface area contributed by atoms with Gasteiger partial charge in [-0.15, -0.1) is 0 Å². The van der Waals surface area contributed by atoms with Gasteiger partial charge in [-0.1, -0.05) is 0 Å². The third kappa shape index (κ3) is 5.97. The average Bonchev–Trinajstić information content (AvgIpc) is 2.83. The van der Waals surface area contributed by atoms with Crippen molar-refractivity contribution in [2.75, 3.05) is 13.2 Å². The SMILES string of the molecule is CC(=O)N[C@@H]1[C@@H](O[C@H]2O[C@H](CO)[C@H](O)[C@H](O)[C@H]2O[C@@H]2O[C@@H](C)[C@@H](O)[C@@H](O)[C@@H]2O)[C@H](O)[C@@H](CO)O[C@H]1O. The molecular formula is C20H35NO15. The molecule has 16 nitrogen and oxygen atoms in total. The molecule has 0 aromatic rings. The molecular weight excluding hydrogens is 494 g/mol. The maximum Gasteiger partial charge on any atom is 0.217 e. The van der Waals surface area contributed by atoms with Gasteiger partial charge < -0.3 is 75.0 Å². The molecule has 0 aromatic heterocycles. The average molecular weight is 529 g/mol. The van der Waals surface area contributed by atoms with Crippen LogP contribution >= 0.6 is 0 Å². The largest absolute Gasteiger partial charge is 0.394 e. The van der Waals surface area contributed by atoms with E-state index < -0.39 is 111 Å². The number of nitrogens with one attached hydrogen (secondary N) is 1. The van der Waals surface area contributed by atoms with Gasteiger partial charge in [0.2, 0.25) is 5.91 Å². The summed E-state index contributed by atoms with van der Waals surface area (Å²) in [6.45, 7) is 1.00. The maximum absolute atomic E-state index is 11.7. The minimum atomic E-state index is -1.83. The van der Waals surface area contributed by atoms with E-state index in [0.717, 1.165) is 6.92 Å². The Hall–Kier alpha value is -1.09. The van der Waals surface area contributed by atoms with Crippen molar-refractivity contribution in [2.45, 2.75) is 106 Å². The van der Waals surface area contributed by atoms with E-state index >= 15 is 0 Å². The number of aliphatic hydroxyl groups is 9. The van der Waals surface area contributed by atoms with Crippen molar-refractivity contribution >= 4 is 5.91 Å². The molecule has 0 bridgehead atoms. The monoisotopic (exact) mass is 529 g/mol. The fourth-order valence-corrected chi connectivity index (χ4v) is 4.38. The summed E-state index contributed by atoms with van der Waals surface area (Å²) in [5.74, 6) is -0.632. The molecule has 0 saturated carbocycles. The smallest absolute Gasteiger partial charge is 0.217 e. The molecule has 15 atom stereocenters. The van der Waals surface area contributed by atoms with Gasteiger partial charge in [0, 0.05) is 6.92 Å². The van der Waals surface area contributed by atoms with Crippen molar-refractivity contribution in [3.8, 4) is 0 Å². The lowest BCUT2D eigenvalue weighted by Gasteiger charge is -2.48. The van der Waals surface area contributed by atoms with Gasteiger partial charge in [0.1, 0.15) is 67.1 Å². The Labute approximate surface area is 205 Å². The number of aliphatic hydroxyl groups excluding tert-OH is 9. The van der Waals surface area contributed by atoms with E-state index in [9.17, 15) is 50.8 Å². The topological polar surface area (TPSA) is 257 Å². The third-order valence-corrected chi connectivity index (χ3v) is 6.46. The van der Waals surface area contributed by atoms with E-state index in [1.54, 1.807) is 0 Å². The number of rotatable bonds is 7. The van der Waals surface area contributed by atoms with Gasteiger partial charge in [-0.2, -0.15) is 0 Å². The highest BCUT2D eigenvalue weighted by molar-refractivity contribution is 5.73. The first-order valence-electron chi connectivity index (χ1n) is 11.4. The minimum absolute atomic E-state index is 0.632. The maximum atomic E-state index is 11.7. The van der Waals surface area contributed by atoms with Crippen molar-refractivity contribution < 1.29 is 74.4 Å². The lowest BCUT2D eigenvalue weighted by atomic mass is 9.95. The molecule has 0 aliphatic carbocycles. The number of hydrogen-bond acceptors (Lipinski definition) is 15. The first-order chi connectivity index (χ1) is 16.9. The number of ether oxygens (including phenoxy) is 5. The zero-order valence-electron chi connectivity index (χ0n) is 19.5. The molecule has 0 spiro atoms. The fourth-order valence-electron chi connectivity index (χ4n) is 4.38. The molecule has 10 N–H and O–H groups in total. The van der Waals surface area contributed by atoms with Crippen molar-refractivity contribution in [1.29, 1.82) is 0 Å². The van der Waals surface area contributed by atoms with Gasteiger partial charge >= 0.3 is 0 Å². The molecule has 16 heteroatoms. The van der Waals surface area contributed by atoms with Crippen LogP contribution in [0.4, 0.5) is 0 Å². The normalized spacial score (nSPS) is 50.0. The van der Waals surface area contributed by atoms with Crippen LogP contribution in [0.2, 0.25) is 0 Å². The summed E-state index contributed by atoms with van der Waals surface area (Å²) in [6.07, 6.45) is -22.2. The van der Waals surface area contributed by atoms with Crippen LogP contribution in [0.3, 0.4) is 0 Å². The number of hydrogen-bond donors (Lipinski definition) is 10. The summed E-state index contributed by atoms with van der Waals surface area (Å²) in [5.41, 5.74) is 0. The van der Waals surface area contributed by atoms with E-state index in [-0.39, 0.29) is 0 Å². The van der Waals surface area contributed by atoms with Gasteiger partial charge in [-0.25, -0.2) is 0 Å². The van der Waals surface area contributed by atoms with E-state index in [2.05, 4.69) is 5.32 Å². The standard InChI is InChI=1S/C20H35NO15/c1-5-10(25)13(28)15(30)19(32-5)36-17-14(29)11(26)7(3-22)34-20(17)35-16-9(21-6(2)24)18(31)33-8(4-23)12(16)27/h5,7-20,22-23,25-31H,3-4H2,1-2H3,(H,21,24)/t5-,7+,8+,9+,10+,11-,12+,13+,14-,15-,16+,17+,18+,19-,20+/m0/s1. The quantitative estimate of drug-likeness (QED) is 0.147. The number of carbonyl (C=O) groups excluding carboxylic acids is 1. The van der Waals surface area contributed by atoms with Gasteiger partial charge in [0.05, 0.1) is 19.3 Å². The molecule has 3 aliphatic heterocycles. The molecule has 3 saturated heterocycles. The first-order valence-corrected chi connectivity index (χ1v) is 11.4. The molecule has 1 amide bonds. The molecule has 36 heavy (non-hydrogen) atoms. The first kappa shape index (κ1) is 29.5. The predicted molar refractivity (Wildman–Crippen MR) is 111 cm³/mol. The second-order valence-electron chi connectivity index (χ2n) is 9.05. The van der Waals surface area contributed by atoms with Crippen LogP contribution in [0, 0.1) is 0 Å². The Bertz CT molecular complexity index is 731. The Morgan fingerprint density at radius 2 is 1.31 bits per heavy atom. The van der Waals surface area contributed by atoms with E-state index in [1.165, 1.54) is 6.92 Å². The molecule has 3 fully saturated rings. The Morgan fingerprint density at radius 1 is 0.722 bits per heavy atom. The third-order valence-electron chi connectivity index (χ3n) is 6.46. The van der Waals surface area contributed by atoms with Crippen LogP contribution in [0.25, 0.3) is 0 Å². The molecule has 0 aromatic carbocycles. The molecule has 3 heterocycles. The second kappa shape index (κ2) is 12.2. The summed E-state index contributed by atoms with van der Waals surface area (Å²) >= 11 is 0. The van der Waals surface area contributed by atoms with Gasteiger partial charge in [-0.05, 0) is 6.92 Å². The summed E-state index contributed by atoms with van der Waals surface area (Å²) in [4.78, 5) is 11.7. The minimum Gasteiger partial charge on any atom is -0.394 e. The van der Waals surface area contributed by atoms with Crippen LogP contribution in [0.5, 0.6) is 0 Å². The van der Waals surface area contributed by atoms with Crippen LogP contribution in [0.1, 0.15) is 13.8 Å². The number of amides is 1. The van der Waals surface area contributed by atoms with Gasteiger partial charge in [-0.3, -0.25) is 4.79 Å². The predicted octanol–water partition coefficient (Wildman–Crippen LogP) is -6.40. The zero-order valence-corrected chi connectivity index (χ0v) is 19.5. The lowest BCUT2D eigenvalue weighted by Crippen LogP contribution is -2.68. The lowest BCUT2D eigenvalue weighted by molar-refractivity contribution is -0.380. The molecule has 0 unspecified atom stereocenters. The van der Waals surface area contributed by atoms with Crippen LogP contribution in [0.15, 0.2) is 0 Å². The fraction of sp³-hybridized carbons (Fsp3) is 0.950. The van der Waals surface area contributed by atoms with Crippen LogP contribution in [-0.4, -0.2) is 157 Å². The van der Waals surface area contributed by atoms with E-state index in [4.69, 9.17) is 23.7 Å². The molecule has 210 valence electrons. The van der Waals surface area contributed by atoms with E-state index in [1.807, 2.05) is 0 Å². The Kier molecular flexibility index (Phi) is 9.97. The summed E-state index contributed by atoms with van der Waals surface area (Å²) < 4.78 is 27.4. The Balaban J connectivity index is 1.89. The molecule has 3 aliphatic rings. The highest BCUT2D eigenvalue weighted by Crippen LogP contribution is 2.32. The Morgan fingerprint density at radius 3 is 1.89 bits per heavy atom. The van der Waals surface area contributed by atoms with Gasteiger partial charge in [0.25, 0.3) is 0 Å². The van der Waals surface area contributed by atoms with E-state index in [0.29, 0.717) is 0 Å². The van der Waals surface area contributed by atoms with Crippen molar-refractivity contribution in [2.24, 2.45) is 0 Å². The summed E-state index contributed by atoms with van der Waals surface area (Å²) in [7, 11) is 0. The summed E-state index contributed by atoms with van der Waals surface area (Å²) in [6, 6.07) is -1.39. The van der Waals surface area contributed by atoms with Gasteiger partial charge in [0.15, 0.2) is 18.9 Å². The summed E-state index contributed by atoms with van der Waals surface area (Å²) in [5, 5.41) is 93.8. The highest BCUT2D eigenvalue weighted by atomic mass is 16.8. The number of carbonyl (C=O) groups is 1. The van der Waals surface area contributed by atoms with Crippen LogP contribution < -0.4 is 5.32 Å². The van der Waals surface area contributed by atoms with Crippen molar-refractivity contribution in [3.63, 3.8) is 0 Å². The van der Waals surface area contributed by atoms with Crippen molar-refractivity contribution in [3.05, 3.63) is 0 Å². The second-order valence-corrected chi connectivity index (χ2v) is 9.05. The van der Waals surface area contributed by atoms with Crippen molar-refractivity contribution in [1.82, 2.24) is 5.32 Å². The van der Waals surface area contributed by atoms with Crippen LogP contribution in [-0.2, 0) is 28.5 Å².